The van der Waals surface area contributed by atoms with E-state index in [0.29, 0.717) is 10.6 Å². The van der Waals surface area contributed by atoms with Gasteiger partial charge in [-0.25, -0.2) is 9.18 Å². The van der Waals surface area contributed by atoms with Crippen LogP contribution in [0.1, 0.15) is 19.4 Å². The molecule has 6 heteroatoms. The Labute approximate surface area is 110 Å². The summed E-state index contributed by atoms with van der Waals surface area (Å²) in [5.41, 5.74) is 0.707. The predicted molar refractivity (Wildman–Crippen MR) is 71.2 cm³/mol. The highest BCUT2D eigenvalue weighted by Gasteiger charge is 2.09. The maximum atomic E-state index is 12.8. The van der Waals surface area contributed by atoms with Gasteiger partial charge in [0.25, 0.3) is 0 Å². The van der Waals surface area contributed by atoms with Crippen molar-refractivity contribution in [3.63, 3.8) is 0 Å². The molecule has 0 heterocycles. The molecule has 0 fully saturated rings. The van der Waals surface area contributed by atoms with Crippen molar-refractivity contribution >= 4 is 22.9 Å². The van der Waals surface area contributed by atoms with Gasteiger partial charge >= 0.3 is 6.09 Å². The highest BCUT2D eigenvalue weighted by atomic mass is 32.2. The normalized spacial score (nSPS) is 11.5. The Bertz CT molecular complexity index is 432. The summed E-state index contributed by atoms with van der Waals surface area (Å²) in [5.74, 6) is -0.320. The van der Waals surface area contributed by atoms with Gasteiger partial charge < -0.3 is 5.32 Å². The minimum Gasteiger partial charge on any atom is -0.323 e. The highest BCUT2D eigenvalue weighted by molar-refractivity contribution is 8.14. The number of rotatable bonds is 3. The van der Waals surface area contributed by atoms with Crippen molar-refractivity contribution in [1.29, 1.82) is 0 Å². The van der Waals surface area contributed by atoms with Crippen LogP contribution in [0.4, 0.5) is 9.18 Å². The number of hydrogen-bond acceptors (Lipinski definition) is 4. The molecule has 1 aromatic carbocycles. The summed E-state index contributed by atoms with van der Waals surface area (Å²) in [5, 5.41) is 6.88. The third kappa shape index (κ3) is 4.75. The first-order valence-corrected chi connectivity index (χ1v) is 6.30. The largest absolute Gasteiger partial charge is 0.433 e. The lowest BCUT2D eigenvalue weighted by atomic mass is 10.2. The van der Waals surface area contributed by atoms with Crippen molar-refractivity contribution in [2.75, 3.05) is 7.05 Å². The topological polar surface area (TPSA) is 50.7 Å². The summed E-state index contributed by atoms with van der Waals surface area (Å²) in [6, 6.07) is 5.87. The fourth-order valence-corrected chi connectivity index (χ4v) is 1.89. The average molecular weight is 270 g/mol. The zero-order valence-corrected chi connectivity index (χ0v) is 11.3. The Kier molecular flexibility index (Phi) is 5.64. The Balaban J connectivity index is 2.90. The van der Waals surface area contributed by atoms with Crippen LogP contribution in [0.15, 0.2) is 29.4 Å². The summed E-state index contributed by atoms with van der Waals surface area (Å²) in [7, 11) is 1.45. The van der Waals surface area contributed by atoms with Gasteiger partial charge in [0.15, 0.2) is 0 Å². The van der Waals surface area contributed by atoms with Crippen molar-refractivity contribution in [3.8, 4) is 0 Å². The number of halogens is 1. The van der Waals surface area contributed by atoms with E-state index in [4.69, 9.17) is 0 Å². The maximum absolute atomic E-state index is 12.8. The monoisotopic (exact) mass is 270 g/mol. The molecule has 0 saturated heterocycles. The molecule has 4 nitrogen and oxygen atoms in total. The minimum absolute atomic E-state index is 0.266. The smallest absolute Gasteiger partial charge is 0.323 e. The van der Waals surface area contributed by atoms with E-state index in [0.717, 1.165) is 0 Å². The molecule has 1 rings (SSSR count). The summed E-state index contributed by atoms with van der Waals surface area (Å²) in [4.78, 5) is 15.6. The molecule has 0 unspecified atom stereocenters. The molecular formula is C12H15FN2O2S. The van der Waals surface area contributed by atoms with Crippen molar-refractivity contribution in [2.24, 2.45) is 5.16 Å². The predicted octanol–water partition coefficient (Wildman–Crippen LogP) is 2.98. The SMILES string of the molecule is CNC(=O)O/N=C(\SC(C)C)c1ccc(F)cc1. The van der Waals surface area contributed by atoms with Crippen LogP contribution in [0.3, 0.4) is 0 Å². The number of carbonyl (C=O) groups excluding carboxylic acids is 1. The molecule has 0 aliphatic heterocycles. The number of carbonyl (C=O) groups is 1. The van der Waals surface area contributed by atoms with E-state index in [1.165, 1.54) is 30.9 Å². The van der Waals surface area contributed by atoms with Crippen LogP contribution in [0.5, 0.6) is 0 Å². The van der Waals surface area contributed by atoms with E-state index in [1.54, 1.807) is 12.1 Å². The van der Waals surface area contributed by atoms with Gasteiger partial charge in [0.2, 0.25) is 0 Å². The van der Waals surface area contributed by atoms with E-state index < -0.39 is 6.09 Å². The molecule has 18 heavy (non-hydrogen) atoms. The molecule has 0 bridgehead atoms. The van der Waals surface area contributed by atoms with Crippen LogP contribution in [0, 0.1) is 5.82 Å². The summed E-state index contributed by atoms with van der Waals surface area (Å²) in [6.07, 6.45) is -0.640. The van der Waals surface area contributed by atoms with Crippen LogP contribution in [-0.2, 0) is 4.84 Å². The van der Waals surface area contributed by atoms with Crippen molar-refractivity contribution in [3.05, 3.63) is 35.6 Å². The molecule has 0 aromatic heterocycles. The third-order valence-electron chi connectivity index (χ3n) is 1.85. The Morgan fingerprint density at radius 1 is 1.39 bits per heavy atom. The summed E-state index contributed by atoms with van der Waals surface area (Å²) >= 11 is 1.43. The molecular weight excluding hydrogens is 255 g/mol. The molecule has 1 aromatic rings. The fourth-order valence-electron chi connectivity index (χ4n) is 1.09. The Morgan fingerprint density at radius 3 is 2.50 bits per heavy atom. The third-order valence-corrected chi connectivity index (χ3v) is 2.86. The van der Waals surface area contributed by atoms with E-state index in [1.807, 2.05) is 13.8 Å². The lowest BCUT2D eigenvalue weighted by Crippen LogP contribution is -2.17. The van der Waals surface area contributed by atoms with Gasteiger partial charge in [-0.15, -0.1) is 0 Å². The van der Waals surface area contributed by atoms with Gasteiger partial charge in [-0.2, -0.15) is 0 Å². The summed E-state index contributed by atoms with van der Waals surface area (Å²) < 4.78 is 12.8. The zero-order valence-electron chi connectivity index (χ0n) is 10.4. The van der Waals surface area contributed by atoms with E-state index in [-0.39, 0.29) is 11.1 Å². The highest BCUT2D eigenvalue weighted by Crippen LogP contribution is 2.19. The molecule has 0 radical (unpaired) electrons. The molecule has 0 spiro atoms. The van der Waals surface area contributed by atoms with Gasteiger partial charge in [0.1, 0.15) is 10.9 Å². The number of benzene rings is 1. The average Bonchev–Trinajstić information content (AvgIpc) is 2.34. The molecule has 98 valence electrons. The van der Waals surface area contributed by atoms with Crippen LogP contribution in [-0.4, -0.2) is 23.4 Å². The second-order valence-electron chi connectivity index (χ2n) is 3.70. The second kappa shape index (κ2) is 7.00. The maximum Gasteiger partial charge on any atom is 0.433 e. The lowest BCUT2D eigenvalue weighted by Gasteiger charge is -2.08. The number of thioether (sulfide) groups is 1. The molecule has 1 amide bonds. The van der Waals surface area contributed by atoms with Gasteiger partial charge in [0, 0.05) is 17.9 Å². The number of oxime groups is 1. The molecule has 0 aliphatic carbocycles. The standard InChI is InChI=1S/C12H15FN2O2S/c1-8(2)18-11(15-17-12(16)14-3)9-4-6-10(13)7-5-9/h4-8H,1-3H3,(H,14,16)/b15-11-. The second-order valence-corrected chi connectivity index (χ2v) is 5.26. The van der Waals surface area contributed by atoms with Crippen LogP contribution < -0.4 is 5.32 Å². The number of hydrogen-bond donors (Lipinski definition) is 1. The molecule has 1 N–H and O–H groups in total. The number of nitrogens with zero attached hydrogens (tertiary/aromatic N) is 1. The first-order valence-electron chi connectivity index (χ1n) is 5.42. The first-order chi connectivity index (χ1) is 8.52. The first kappa shape index (κ1) is 14.5. The zero-order chi connectivity index (χ0) is 13.5. The quantitative estimate of drug-likeness (QED) is 0.397. The van der Waals surface area contributed by atoms with Gasteiger partial charge in [-0.3, -0.25) is 4.84 Å². The van der Waals surface area contributed by atoms with E-state index >= 15 is 0 Å². The fraction of sp³-hybridized carbons (Fsp3) is 0.333. The van der Waals surface area contributed by atoms with Gasteiger partial charge in [0.05, 0.1) is 0 Å². The summed E-state index contributed by atoms with van der Waals surface area (Å²) in [6.45, 7) is 3.98. The van der Waals surface area contributed by atoms with Crippen molar-refractivity contribution in [2.45, 2.75) is 19.1 Å². The lowest BCUT2D eigenvalue weighted by molar-refractivity contribution is 0.153. The Hall–Kier alpha value is -1.56. The number of amides is 1. The van der Waals surface area contributed by atoms with Gasteiger partial charge in [-0.05, 0) is 24.3 Å². The van der Waals surface area contributed by atoms with Crippen molar-refractivity contribution in [1.82, 2.24) is 5.32 Å². The van der Waals surface area contributed by atoms with E-state index in [9.17, 15) is 9.18 Å². The minimum atomic E-state index is -0.640. The molecule has 0 saturated carbocycles. The molecule has 0 atom stereocenters. The van der Waals surface area contributed by atoms with Gasteiger partial charge in [-0.1, -0.05) is 30.8 Å². The number of nitrogens with one attached hydrogen (secondary N) is 1. The van der Waals surface area contributed by atoms with Crippen LogP contribution >= 0.6 is 11.8 Å². The van der Waals surface area contributed by atoms with E-state index in [2.05, 4.69) is 15.3 Å². The van der Waals surface area contributed by atoms with Crippen molar-refractivity contribution < 1.29 is 14.0 Å². The Morgan fingerprint density at radius 2 is 2.00 bits per heavy atom. The van der Waals surface area contributed by atoms with Crippen LogP contribution in [0.25, 0.3) is 0 Å². The molecule has 0 aliphatic rings. The van der Waals surface area contributed by atoms with Crippen LogP contribution in [0.2, 0.25) is 0 Å².